The molecule has 1 heterocycles. The summed E-state index contributed by atoms with van der Waals surface area (Å²) in [6.45, 7) is 0. The first-order valence-corrected chi connectivity index (χ1v) is 5.32. The molecule has 0 atom stereocenters. The van der Waals surface area contributed by atoms with Gasteiger partial charge in [0, 0.05) is 17.5 Å². The molecular weight excluding hydrogens is 186 g/mol. The largest absolute Gasteiger partial charge is 0.389 e. The molecule has 0 bridgehead atoms. The summed E-state index contributed by atoms with van der Waals surface area (Å²) in [6.07, 6.45) is 2.53. The highest BCUT2D eigenvalue weighted by Crippen LogP contribution is 2.37. The summed E-state index contributed by atoms with van der Waals surface area (Å²) >= 11 is 0. The number of hydrogen-bond donors (Lipinski definition) is 1. The molecule has 0 amide bonds. The minimum Gasteiger partial charge on any atom is -0.389 e. The number of rotatable bonds is 2. The van der Waals surface area contributed by atoms with E-state index in [0.29, 0.717) is 6.42 Å². The van der Waals surface area contributed by atoms with Crippen LogP contribution in [0.1, 0.15) is 18.5 Å². The van der Waals surface area contributed by atoms with Crippen LogP contribution >= 0.6 is 0 Å². The molecule has 1 fully saturated rings. The van der Waals surface area contributed by atoms with Crippen LogP contribution in [0.5, 0.6) is 0 Å². The Morgan fingerprint density at radius 1 is 1.13 bits per heavy atom. The van der Waals surface area contributed by atoms with Crippen molar-refractivity contribution in [2.45, 2.75) is 24.9 Å². The minimum atomic E-state index is -0.449. The number of hydrogen-bond acceptors (Lipinski definition) is 2. The van der Waals surface area contributed by atoms with Gasteiger partial charge in [-0.15, -0.1) is 0 Å². The molecule has 0 unspecified atom stereocenters. The fraction of sp³-hybridized carbons (Fsp3) is 0.308. The SMILES string of the molecule is OC1(Cc2ccc3ccccc3n2)CC1. The third kappa shape index (κ3) is 1.73. The van der Waals surface area contributed by atoms with Gasteiger partial charge in [0.1, 0.15) is 0 Å². The number of nitrogens with zero attached hydrogens (tertiary/aromatic N) is 1. The Kier molecular flexibility index (Phi) is 1.80. The molecule has 1 saturated carbocycles. The molecule has 0 aliphatic heterocycles. The Labute approximate surface area is 88.6 Å². The first-order chi connectivity index (χ1) is 7.25. The van der Waals surface area contributed by atoms with Gasteiger partial charge in [0.2, 0.25) is 0 Å². The van der Waals surface area contributed by atoms with Crippen LogP contribution < -0.4 is 0 Å². The van der Waals surface area contributed by atoms with E-state index in [-0.39, 0.29) is 0 Å². The van der Waals surface area contributed by atoms with Gasteiger partial charge in [-0.1, -0.05) is 24.3 Å². The van der Waals surface area contributed by atoms with Crippen molar-refractivity contribution in [3.05, 3.63) is 42.1 Å². The molecule has 1 N–H and O–H groups in total. The molecule has 76 valence electrons. The Morgan fingerprint density at radius 3 is 2.73 bits per heavy atom. The van der Waals surface area contributed by atoms with Crippen molar-refractivity contribution in [2.24, 2.45) is 0 Å². The van der Waals surface area contributed by atoms with Gasteiger partial charge in [-0.2, -0.15) is 0 Å². The Morgan fingerprint density at radius 2 is 1.93 bits per heavy atom. The number of fused-ring (bicyclic) bond motifs is 1. The zero-order chi connectivity index (χ0) is 10.3. The molecule has 0 saturated heterocycles. The molecular formula is C13H13NO. The van der Waals surface area contributed by atoms with E-state index >= 15 is 0 Å². The van der Waals surface area contributed by atoms with E-state index in [4.69, 9.17) is 0 Å². The van der Waals surface area contributed by atoms with Gasteiger partial charge >= 0.3 is 0 Å². The molecule has 2 nitrogen and oxygen atoms in total. The van der Waals surface area contributed by atoms with Crippen LogP contribution in [-0.2, 0) is 6.42 Å². The van der Waals surface area contributed by atoms with Crippen LogP contribution in [0.15, 0.2) is 36.4 Å². The molecule has 2 aromatic rings. The third-order valence-electron chi connectivity index (χ3n) is 2.99. The van der Waals surface area contributed by atoms with Crippen molar-refractivity contribution >= 4 is 10.9 Å². The van der Waals surface area contributed by atoms with Crippen LogP contribution in [0, 0.1) is 0 Å². The summed E-state index contributed by atoms with van der Waals surface area (Å²) < 4.78 is 0. The van der Waals surface area contributed by atoms with E-state index in [0.717, 1.165) is 29.4 Å². The van der Waals surface area contributed by atoms with Crippen molar-refractivity contribution in [1.82, 2.24) is 4.98 Å². The van der Waals surface area contributed by atoms with Gasteiger partial charge in [0.15, 0.2) is 0 Å². The van der Waals surface area contributed by atoms with E-state index < -0.39 is 5.60 Å². The van der Waals surface area contributed by atoms with Gasteiger partial charge < -0.3 is 5.11 Å². The quantitative estimate of drug-likeness (QED) is 0.805. The molecule has 15 heavy (non-hydrogen) atoms. The summed E-state index contributed by atoms with van der Waals surface area (Å²) in [5.41, 5.74) is 1.56. The van der Waals surface area contributed by atoms with Crippen molar-refractivity contribution in [3.8, 4) is 0 Å². The van der Waals surface area contributed by atoms with Crippen molar-refractivity contribution in [3.63, 3.8) is 0 Å². The molecule has 0 radical (unpaired) electrons. The molecule has 0 spiro atoms. The summed E-state index contributed by atoms with van der Waals surface area (Å²) in [6, 6.07) is 12.2. The predicted octanol–water partition coefficient (Wildman–Crippen LogP) is 2.30. The maximum Gasteiger partial charge on any atom is 0.0705 e. The second kappa shape index (κ2) is 3.04. The third-order valence-corrected chi connectivity index (χ3v) is 2.99. The summed E-state index contributed by atoms with van der Waals surface area (Å²) in [5.74, 6) is 0. The highest BCUT2D eigenvalue weighted by atomic mass is 16.3. The van der Waals surface area contributed by atoms with Crippen LogP contribution in [0.25, 0.3) is 10.9 Å². The van der Waals surface area contributed by atoms with Gasteiger partial charge in [0.25, 0.3) is 0 Å². The molecule has 2 heteroatoms. The lowest BCUT2D eigenvalue weighted by Gasteiger charge is -2.07. The van der Waals surface area contributed by atoms with Crippen molar-refractivity contribution < 1.29 is 5.11 Å². The van der Waals surface area contributed by atoms with Crippen LogP contribution in [0.4, 0.5) is 0 Å². The van der Waals surface area contributed by atoms with Crippen LogP contribution in [-0.4, -0.2) is 15.7 Å². The molecule has 1 aliphatic rings. The first kappa shape index (κ1) is 8.86. The second-order valence-corrected chi connectivity index (χ2v) is 4.40. The monoisotopic (exact) mass is 199 g/mol. The standard InChI is InChI=1S/C13H13NO/c15-13(7-8-13)9-11-6-5-10-3-1-2-4-12(10)14-11/h1-6,15H,7-9H2. The maximum atomic E-state index is 9.81. The summed E-state index contributed by atoms with van der Waals surface area (Å²) in [5, 5.41) is 11.0. The topological polar surface area (TPSA) is 33.1 Å². The Hall–Kier alpha value is -1.41. The zero-order valence-corrected chi connectivity index (χ0v) is 8.48. The maximum absolute atomic E-state index is 9.81. The fourth-order valence-corrected chi connectivity index (χ4v) is 1.86. The van der Waals surface area contributed by atoms with E-state index in [1.807, 2.05) is 24.3 Å². The van der Waals surface area contributed by atoms with E-state index in [1.165, 1.54) is 0 Å². The highest BCUT2D eigenvalue weighted by molar-refractivity contribution is 5.78. The van der Waals surface area contributed by atoms with E-state index in [1.54, 1.807) is 0 Å². The Balaban J connectivity index is 1.99. The number of aromatic nitrogens is 1. The second-order valence-electron chi connectivity index (χ2n) is 4.40. The lowest BCUT2D eigenvalue weighted by Crippen LogP contribution is -2.11. The molecule has 1 aromatic heterocycles. The van der Waals surface area contributed by atoms with Gasteiger partial charge in [-0.25, -0.2) is 0 Å². The minimum absolute atomic E-state index is 0.449. The van der Waals surface area contributed by atoms with E-state index in [9.17, 15) is 5.11 Å². The smallest absolute Gasteiger partial charge is 0.0705 e. The highest BCUT2D eigenvalue weighted by Gasteiger charge is 2.40. The number of benzene rings is 1. The fourth-order valence-electron chi connectivity index (χ4n) is 1.86. The van der Waals surface area contributed by atoms with Crippen LogP contribution in [0.3, 0.4) is 0 Å². The van der Waals surface area contributed by atoms with Gasteiger partial charge in [-0.3, -0.25) is 4.98 Å². The molecule has 3 rings (SSSR count). The van der Waals surface area contributed by atoms with E-state index in [2.05, 4.69) is 17.1 Å². The van der Waals surface area contributed by atoms with Gasteiger partial charge in [-0.05, 0) is 25.0 Å². The average molecular weight is 199 g/mol. The number of aliphatic hydroxyl groups is 1. The van der Waals surface area contributed by atoms with Crippen molar-refractivity contribution in [1.29, 1.82) is 0 Å². The molecule has 1 aromatic carbocycles. The predicted molar refractivity (Wildman–Crippen MR) is 59.6 cm³/mol. The molecule has 1 aliphatic carbocycles. The number of pyridine rings is 1. The summed E-state index contributed by atoms with van der Waals surface area (Å²) in [4.78, 5) is 4.54. The van der Waals surface area contributed by atoms with Crippen LogP contribution in [0.2, 0.25) is 0 Å². The zero-order valence-electron chi connectivity index (χ0n) is 8.48. The van der Waals surface area contributed by atoms with Gasteiger partial charge in [0.05, 0.1) is 11.1 Å². The normalized spacial score (nSPS) is 17.9. The Bertz CT molecular complexity index is 503. The lowest BCUT2D eigenvalue weighted by atomic mass is 10.1. The average Bonchev–Trinajstić information content (AvgIpc) is 2.96. The first-order valence-electron chi connectivity index (χ1n) is 5.32. The van der Waals surface area contributed by atoms with Crippen molar-refractivity contribution in [2.75, 3.05) is 0 Å². The number of para-hydroxylation sites is 1. The lowest BCUT2D eigenvalue weighted by molar-refractivity contribution is 0.150. The summed E-state index contributed by atoms with van der Waals surface area (Å²) in [7, 11) is 0.